The summed E-state index contributed by atoms with van der Waals surface area (Å²) in [6.07, 6.45) is 1.37. The van der Waals surface area contributed by atoms with Gasteiger partial charge in [0.05, 0.1) is 0 Å². The fourth-order valence-corrected chi connectivity index (χ4v) is 2.91. The molecule has 0 spiro atoms. The minimum atomic E-state index is 0.772. The molecule has 80 valence electrons. The predicted octanol–water partition coefficient (Wildman–Crippen LogP) is 1.48. The van der Waals surface area contributed by atoms with E-state index in [0.717, 1.165) is 18.5 Å². The second kappa shape index (κ2) is 3.95. The van der Waals surface area contributed by atoms with E-state index < -0.39 is 0 Å². The monoisotopic (exact) mass is 202 g/mol. The maximum absolute atomic E-state index is 3.59. The molecule has 3 rings (SSSR count). The van der Waals surface area contributed by atoms with Gasteiger partial charge in [-0.15, -0.1) is 0 Å². The number of nitrogens with zero attached hydrogens (tertiary/aromatic N) is 1. The van der Waals surface area contributed by atoms with Gasteiger partial charge in [-0.05, 0) is 24.4 Å². The van der Waals surface area contributed by atoms with Crippen molar-refractivity contribution in [1.29, 1.82) is 0 Å². The summed E-state index contributed by atoms with van der Waals surface area (Å²) in [6.45, 7) is 4.87. The smallest absolute Gasteiger partial charge is 0.0236 e. The van der Waals surface area contributed by atoms with Gasteiger partial charge in [0, 0.05) is 25.7 Å². The third kappa shape index (κ3) is 1.92. The molecule has 2 fully saturated rings. The first kappa shape index (κ1) is 9.37. The molecule has 1 aromatic carbocycles. The Morgan fingerprint density at radius 3 is 2.87 bits per heavy atom. The average molecular weight is 202 g/mol. The highest BCUT2D eigenvalue weighted by molar-refractivity contribution is 5.15. The Bertz CT molecular complexity index is 311. The molecule has 0 unspecified atom stereocenters. The molecule has 0 aromatic heterocycles. The van der Waals surface area contributed by atoms with Gasteiger partial charge in [-0.3, -0.25) is 4.90 Å². The Balaban J connectivity index is 1.62. The second-order valence-electron chi connectivity index (χ2n) is 4.79. The summed E-state index contributed by atoms with van der Waals surface area (Å²) in [4.78, 5) is 2.58. The fraction of sp³-hybridized carbons (Fsp3) is 0.538. The zero-order chi connectivity index (χ0) is 10.1. The lowest BCUT2D eigenvalue weighted by molar-refractivity contribution is 0.307. The summed E-state index contributed by atoms with van der Waals surface area (Å²) < 4.78 is 0. The molecule has 0 bridgehead atoms. The van der Waals surface area contributed by atoms with Gasteiger partial charge in [0.25, 0.3) is 0 Å². The third-order valence-corrected chi connectivity index (χ3v) is 3.69. The van der Waals surface area contributed by atoms with Gasteiger partial charge in [0.2, 0.25) is 0 Å². The summed E-state index contributed by atoms with van der Waals surface area (Å²) in [6, 6.07) is 11.6. The van der Waals surface area contributed by atoms with Gasteiger partial charge in [-0.25, -0.2) is 0 Å². The summed E-state index contributed by atoms with van der Waals surface area (Å²) in [5, 5.41) is 3.59. The van der Waals surface area contributed by atoms with Gasteiger partial charge in [-0.1, -0.05) is 30.3 Å². The molecule has 15 heavy (non-hydrogen) atoms. The lowest BCUT2D eigenvalue weighted by Crippen LogP contribution is -2.29. The molecule has 2 aliphatic heterocycles. The quantitative estimate of drug-likeness (QED) is 0.781. The first-order chi connectivity index (χ1) is 7.42. The Morgan fingerprint density at radius 1 is 1.20 bits per heavy atom. The van der Waals surface area contributed by atoms with Gasteiger partial charge >= 0.3 is 0 Å². The number of fused-ring (bicyclic) bond motifs is 1. The van der Waals surface area contributed by atoms with Crippen molar-refractivity contribution in [2.24, 2.45) is 5.92 Å². The largest absolute Gasteiger partial charge is 0.312 e. The molecule has 2 nitrogen and oxygen atoms in total. The Labute approximate surface area is 91.3 Å². The van der Waals surface area contributed by atoms with E-state index in [-0.39, 0.29) is 0 Å². The lowest BCUT2D eigenvalue weighted by atomic mass is 10.1. The Kier molecular flexibility index (Phi) is 2.47. The van der Waals surface area contributed by atoms with Crippen LogP contribution in [0.4, 0.5) is 0 Å². The zero-order valence-corrected chi connectivity index (χ0v) is 9.02. The molecule has 1 N–H and O–H groups in total. The van der Waals surface area contributed by atoms with E-state index in [1.54, 1.807) is 0 Å². The highest BCUT2D eigenvalue weighted by Crippen LogP contribution is 2.25. The maximum Gasteiger partial charge on any atom is 0.0236 e. The van der Waals surface area contributed by atoms with Crippen molar-refractivity contribution in [1.82, 2.24) is 10.2 Å². The molecule has 2 saturated heterocycles. The minimum Gasteiger partial charge on any atom is -0.312 e. The first-order valence-corrected chi connectivity index (χ1v) is 5.91. The number of likely N-dealkylation sites (tertiary alicyclic amines) is 1. The van der Waals surface area contributed by atoms with Gasteiger partial charge < -0.3 is 5.32 Å². The number of nitrogens with one attached hydrogen (secondary N) is 1. The van der Waals surface area contributed by atoms with Crippen LogP contribution >= 0.6 is 0 Å². The van der Waals surface area contributed by atoms with E-state index in [4.69, 9.17) is 0 Å². The standard InChI is InChI=1S/C13H18N2/c1-2-4-11(5-3-1)8-15-9-12-6-7-14-13(12)10-15/h1-5,12-14H,6-10H2/t12-,13-/m1/s1. The molecule has 0 amide bonds. The van der Waals surface area contributed by atoms with E-state index in [1.807, 2.05) is 0 Å². The first-order valence-electron chi connectivity index (χ1n) is 5.91. The topological polar surface area (TPSA) is 15.3 Å². The third-order valence-electron chi connectivity index (χ3n) is 3.69. The molecule has 2 heteroatoms. The van der Waals surface area contributed by atoms with Crippen molar-refractivity contribution >= 4 is 0 Å². The molecule has 0 saturated carbocycles. The van der Waals surface area contributed by atoms with E-state index in [9.17, 15) is 0 Å². The van der Waals surface area contributed by atoms with Crippen molar-refractivity contribution < 1.29 is 0 Å². The number of rotatable bonds is 2. The maximum atomic E-state index is 3.59. The molecular weight excluding hydrogens is 184 g/mol. The van der Waals surface area contributed by atoms with Crippen molar-refractivity contribution in [3.8, 4) is 0 Å². The van der Waals surface area contributed by atoms with Gasteiger partial charge in [0.15, 0.2) is 0 Å². The van der Waals surface area contributed by atoms with Crippen LogP contribution in [0.1, 0.15) is 12.0 Å². The van der Waals surface area contributed by atoms with Crippen LogP contribution in [0.15, 0.2) is 30.3 Å². The zero-order valence-electron chi connectivity index (χ0n) is 9.02. The van der Waals surface area contributed by atoms with Crippen molar-refractivity contribution in [3.63, 3.8) is 0 Å². The number of hydrogen-bond donors (Lipinski definition) is 1. The fourth-order valence-electron chi connectivity index (χ4n) is 2.91. The predicted molar refractivity (Wildman–Crippen MR) is 61.6 cm³/mol. The number of hydrogen-bond acceptors (Lipinski definition) is 2. The van der Waals surface area contributed by atoms with Crippen LogP contribution in [-0.2, 0) is 6.54 Å². The van der Waals surface area contributed by atoms with Crippen LogP contribution in [-0.4, -0.2) is 30.6 Å². The van der Waals surface area contributed by atoms with Gasteiger partial charge in [0.1, 0.15) is 0 Å². The average Bonchev–Trinajstić information content (AvgIpc) is 2.79. The normalized spacial score (nSPS) is 30.7. The van der Waals surface area contributed by atoms with E-state index in [0.29, 0.717) is 0 Å². The minimum absolute atomic E-state index is 0.772. The van der Waals surface area contributed by atoms with E-state index in [2.05, 4.69) is 40.5 Å². The summed E-state index contributed by atoms with van der Waals surface area (Å²) >= 11 is 0. The lowest BCUT2D eigenvalue weighted by Gasteiger charge is -2.16. The van der Waals surface area contributed by atoms with Crippen LogP contribution in [0.2, 0.25) is 0 Å². The molecule has 2 heterocycles. The van der Waals surface area contributed by atoms with Crippen LogP contribution in [0, 0.1) is 5.92 Å². The van der Waals surface area contributed by atoms with E-state index in [1.165, 1.54) is 31.6 Å². The number of benzene rings is 1. The Morgan fingerprint density at radius 2 is 2.07 bits per heavy atom. The molecule has 0 aliphatic carbocycles. The summed E-state index contributed by atoms with van der Waals surface area (Å²) in [7, 11) is 0. The van der Waals surface area contributed by atoms with Crippen molar-refractivity contribution in [2.45, 2.75) is 19.0 Å². The van der Waals surface area contributed by atoms with Crippen LogP contribution in [0.3, 0.4) is 0 Å². The van der Waals surface area contributed by atoms with Crippen LogP contribution in [0.5, 0.6) is 0 Å². The van der Waals surface area contributed by atoms with Crippen molar-refractivity contribution in [3.05, 3.63) is 35.9 Å². The SMILES string of the molecule is c1ccc(CN2C[C@H]3CCN[C@@H]3C2)cc1. The van der Waals surface area contributed by atoms with Crippen molar-refractivity contribution in [2.75, 3.05) is 19.6 Å². The molecule has 2 atom stereocenters. The highest BCUT2D eigenvalue weighted by Gasteiger charge is 2.35. The molecule has 1 aromatic rings. The van der Waals surface area contributed by atoms with Crippen LogP contribution < -0.4 is 5.32 Å². The van der Waals surface area contributed by atoms with Gasteiger partial charge in [-0.2, -0.15) is 0 Å². The second-order valence-corrected chi connectivity index (χ2v) is 4.79. The molecular formula is C13H18N2. The Hall–Kier alpha value is -0.860. The van der Waals surface area contributed by atoms with E-state index >= 15 is 0 Å². The summed E-state index contributed by atoms with van der Waals surface area (Å²) in [5.41, 5.74) is 1.44. The van der Waals surface area contributed by atoms with Crippen LogP contribution in [0.25, 0.3) is 0 Å². The summed E-state index contributed by atoms with van der Waals surface area (Å²) in [5.74, 6) is 0.911. The molecule has 0 radical (unpaired) electrons. The highest BCUT2D eigenvalue weighted by atomic mass is 15.2. The molecule has 2 aliphatic rings.